The number of anilines is 1. The summed E-state index contributed by atoms with van der Waals surface area (Å²) in [7, 11) is 1.55. The zero-order valence-corrected chi connectivity index (χ0v) is 14.8. The maximum atomic E-state index is 12.4. The van der Waals surface area contributed by atoms with E-state index in [1.54, 1.807) is 40.0 Å². The first-order valence-electron chi connectivity index (χ1n) is 7.32. The van der Waals surface area contributed by atoms with Gasteiger partial charge in [0.25, 0.3) is 0 Å². The Morgan fingerprint density at radius 3 is 2.71 bits per heavy atom. The maximum Gasteiger partial charge on any atom is 0.237 e. The minimum absolute atomic E-state index is 0.192. The lowest BCUT2D eigenvalue weighted by molar-refractivity contribution is -0.115. The SMILES string of the molecule is COc1ccccc1NC(=O)C(C)Sc1nc(C)nc(C)c1C#N. The molecule has 0 aliphatic carbocycles. The Kier molecular flexibility index (Phi) is 5.77. The Morgan fingerprint density at radius 1 is 1.33 bits per heavy atom. The van der Waals surface area contributed by atoms with Gasteiger partial charge in [-0.25, -0.2) is 9.97 Å². The van der Waals surface area contributed by atoms with Gasteiger partial charge >= 0.3 is 0 Å². The molecule has 0 fully saturated rings. The molecule has 2 aromatic rings. The monoisotopic (exact) mass is 342 g/mol. The number of para-hydroxylation sites is 2. The van der Waals surface area contributed by atoms with E-state index in [9.17, 15) is 10.1 Å². The van der Waals surface area contributed by atoms with Gasteiger partial charge in [-0.1, -0.05) is 23.9 Å². The smallest absolute Gasteiger partial charge is 0.237 e. The minimum atomic E-state index is -0.435. The van der Waals surface area contributed by atoms with E-state index in [2.05, 4.69) is 21.4 Å². The lowest BCUT2D eigenvalue weighted by atomic mass is 10.2. The van der Waals surface area contributed by atoms with Crippen molar-refractivity contribution < 1.29 is 9.53 Å². The number of nitriles is 1. The van der Waals surface area contributed by atoms with Crippen molar-refractivity contribution in [3.05, 3.63) is 41.3 Å². The molecule has 24 heavy (non-hydrogen) atoms. The van der Waals surface area contributed by atoms with Crippen LogP contribution in [0.2, 0.25) is 0 Å². The van der Waals surface area contributed by atoms with Gasteiger partial charge in [0.05, 0.1) is 23.7 Å². The molecule has 0 bridgehead atoms. The second kappa shape index (κ2) is 7.79. The predicted molar refractivity (Wildman–Crippen MR) is 93.2 cm³/mol. The molecule has 0 saturated heterocycles. The number of carbonyl (C=O) groups excluding carboxylic acids is 1. The molecule has 0 aliphatic heterocycles. The number of amides is 1. The van der Waals surface area contributed by atoms with Gasteiger partial charge in [0, 0.05) is 0 Å². The lowest BCUT2D eigenvalue weighted by Gasteiger charge is -2.14. The molecule has 0 spiro atoms. The molecule has 1 heterocycles. The van der Waals surface area contributed by atoms with Crippen LogP contribution in [-0.2, 0) is 4.79 Å². The summed E-state index contributed by atoms with van der Waals surface area (Å²) in [6, 6.07) is 9.31. The predicted octanol–water partition coefficient (Wildman–Crippen LogP) is 3.09. The number of benzene rings is 1. The Labute approximate surface area is 145 Å². The average molecular weight is 342 g/mol. The Hall–Kier alpha value is -2.59. The van der Waals surface area contributed by atoms with Gasteiger partial charge in [-0.2, -0.15) is 5.26 Å². The minimum Gasteiger partial charge on any atom is -0.495 e. The maximum absolute atomic E-state index is 12.4. The van der Waals surface area contributed by atoms with Crippen LogP contribution in [0.5, 0.6) is 5.75 Å². The van der Waals surface area contributed by atoms with Crippen molar-refractivity contribution in [1.82, 2.24) is 9.97 Å². The number of hydrogen-bond acceptors (Lipinski definition) is 6. The van der Waals surface area contributed by atoms with E-state index in [0.29, 0.717) is 33.5 Å². The molecule has 1 aromatic carbocycles. The lowest BCUT2D eigenvalue weighted by Crippen LogP contribution is -2.23. The van der Waals surface area contributed by atoms with Gasteiger partial charge in [-0.05, 0) is 32.9 Å². The molecule has 0 radical (unpaired) electrons. The van der Waals surface area contributed by atoms with Crippen LogP contribution in [0.4, 0.5) is 5.69 Å². The Bertz CT molecular complexity index is 802. The summed E-state index contributed by atoms with van der Waals surface area (Å²) < 4.78 is 5.23. The molecule has 6 nitrogen and oxygen atoms in total. The van der Waals surface area contributed by atoms with Crippen molar-refractivity contribution >= 4 is 23.4 Å². The van der Waals surface area contributed by atoms with Crippen LogP contribution < -0.4 is 10.1 Å². The van der Waals surface area contributed by atoms with E-state index in [1.165, 1.54) is 11.8 Å². The van der Waals surface area contributed by atoms with E-state index in [-0.39, 0.29) is 5.91 Å². The van der Waals surface area contributed by atoms with Crippen molar-refractivity contribution in [3.8, 4) is 11.8 Å². The van der Waals surface area contributed by atoms with Crippen molar-refractivity contribution in [2.45, 2.75) is 31.0 Å². The number of thioether (sulfide) groups is 1. The summed E-state index contributed by atoms with van der Waals surface area (Å²) in [4.78, 5) is 20.9. The Morgan fingerprint density at radius 2 is 2.04 bits per heavy atom. The Balaban J connectivity index is 2.17. The van der Waals surface area contributed by atoms with Crippen LogP contribution in [0.15, 0.2) is 29.3 Å². The van der Waals surface area contributed by atoms with Gasteiger partial charge in [-0.3, -0.25) is 4.79 Å². The molecule has 7 heteroatoms. The molecule has 0 aliphatic rings. The standard InChI is InChI=1S/C17H18N4O2S/c1-10-13(9-18)17(20-12(3)19-10)24-11(2)16(22)21-14-7-5-6-8-15(14)23-4/h5-8,11H,1-4H3,(H,21,22). The van der Waals surface area contributed by atoms with Crippen LogP contribution >= 0.6 is 11.8 Å². The quantitative estimate of drug-likeness (QED) is 0.663. The number of aryl methyl sites for hydroxylation is 2. The van der Waals surface area contributed by atoms with Crippen LogP contribution in [0.25, 0.3) is 0 Å². The normalized spacial score (nSPS) is 11.5. The third-order valence-corrected chi connectivity index (χ3v) is 4.39. The highest BCUT2D eigenvalue weighted by molar-refractivity contribution is 8.00. The second-order valence-electron chi connectivity index (χ2n) is 5.10. The highest BCUT2D eigenvalue weighted by Gasteiger charge is 2.20. The highest BCUT2D eigenvalue weighted by atomic mass is 32.2. The molecule has 1 unspecified atom stereocenters. The van der Waals surface area contributed by atoms with Crippen LogP contribution in [0.3, 0.4) is 0 Å². The first-order chi connectivity index (χ1) is 11.5. The number of nitrogens with one attached hydrogen (secondary N) is 1. The van der Waals surface area contributed by atoms with E-state index in [4.69, 9.17) is 4.74 Å². The first kappa shape index (κ1) is 17.8. The van der Waals surface area contributed by atoms with Crippen molar-refractivity contribution in [1.29, 1.82) is 5.26 Å². The third kappa shape index (κ3) is 4.03. The van der Waals surface area contributed by atoms with Crippen LogP contribution in [0, 0.1) is 25.2 Å². The van der Waals surface area contributed by atoms with Crippen molar-refractivity contribution in [2.75, 3.05) is 12.4 Å². The largest absolute Gasteiger partial charge is 0.495 e. The molecular weight excluding hydrogens is 324 g/mol. The number of methoxy groups -OCH3 is 1. The number of ether oxygens (including phenoxy) is 1. The second-order valence-corrected chi connectivity index (χ2v) is 6.43. The van der Waals surface area contributed by atoms with Gasteiger partial charge in [0.2, 0.25) is 5.91 Å². The number of rotatable bonds is 5. The highest BCUT2D eigenvalue weighted by Crippen LogP contribution is 2.28. The number of nitrogens with zero attached hydrogens (tertiary/aromatic N) is 3. The molecule has 0 saturated carbocycles. The van der Waals surface area contributed by atoms with E-state index >= 15 is 0 Å². The fraction of sp³-hybridized carbons (Fsp3) is 0.294. The molecule has 1 atom stereocenters. The topological polar surface area (TPSA) is 87.9 Å². The zero-order chi connectivity index (χ0) is 17.7. The van der Waals surface area contributed by atoms with Crippen molar-refractivity contribution in [3.63, 3.8) is 0 Å². The summed E-state index contributed by atoms with van der Waals surface area (Å²) in [5.41, 5.74) is 1.63. The number of aromatic nitrogens is 2. The van der Waals surface area contributed by atoms with Crippen molar-refractivity contribution in [2.24, 2.45) is 0 Å². The number of hydrogen-bond donors (Lipinski definition) is 1. The number of carbonyl (C=O) groups is 1. The summed E-state index contributed by atoms with van der Waals surface area (Å²) in [6.45, 7) is 5.29. The van der Waals surface area contributed by atoms with E-state index in [0.717, 1.165) is 0 Å². The fourth-order valence-corrected chi connectivity index (χ4v) is 3.10. The zero-order valence-electron chi connectivity index (χ0n) is 14.0. The molecular formula is C17H18N4O2S. The first-order valence-corrected chi connectivity index (χ1v) is 8.20. The van der Waals surface area contributed by atoms with E-state index in [1.807, 2.05) is 12.1 Å². The van der Waals surface area contributed by atoms with Gasteiger partial charge in [0.1, 0.15) is 28.2 Å². The third-order valence-electron chi connectivity index (χ3n) is 3.30. The van der Waals surface area contributed by atoms with Gasteiger partial charge in [-0.15, -0.1) is 0 Å². The fourth-order valence-electron chi connectivity index (χ4n) is 2.10. The van der Waals surface area contributed by atoms with Gasteiger partial charge < -0.3 is 10.1 Å². The summed E-state index contributed by atoms with van der Waals surface area (Å²) >= 11 is 1.24. The summed E-state index contributed by atoms with van der Waals surface area (Å²) in [6.07, 6.45) is 0. The van der Waals surface area contributed by atoms with Gasteiger partial charge in [0.15, 0.2) is 0 Å². The van der Waals surface area contributed by atoms with E-state index < -0.39 is 5.25 Å². The molecule has 1 amide bonds. The summed E-state index contributed by atoms with van der Waals surface area (Å²) in [5.74, 6) is 0.975. The molecule has 124 valence electrons. The summed E-state index contributed by atoms with van der Waals surface area (Å²) in [5, 5.41) is 12.2. The van der Waals surface area contributed by atoms with Crippen LogP contribution in [-0.4, -0.2) is 28.2 Å². The molecule has 1 aromatic heterocycles. The molecule has 2 rings (SSSR count). The average Bonchev–Trinajstić information content (AvgIpc) is 2.55. The molecule has 1 N–H and O–H groups in total. The van der Waals surface area contributed by atoms with Crippen LogP contribution in [0.1, 0.15) is 24.0 Å².